The van der Waals surface area contributed by atoms with Crippen LogP contribution in [0.25, 0.3) is 0 Å². The van der Waals surface area contributed by atoms with Gasteiger partial charge in [-0.25, -0.2) is 0 Å². The number of halogens is 1. The normalized spacial score (nSPS) is 22.5. The van der Waals surface area contributed by atoms with E-state index in [2.05, 4.69) is 17.0 Å². The molecule has 0 spiro atoms. The van der Waals surface area contributed by atoms with Crippen molar-refractivity contribution in [2.24, 2.45) is 11.8 Å². The molecular weight excluding hydrogens is 230 g/mol. The Balaban J connectivity index is 1.57. The number of hydrogen-bond donors (Lipinski definition) is 0. The lowest BCUT2D eigenvalue weighted by Crippen LogP contribution is -2.50. The summed E-state index contributed by atoms with van der Waals surface area (Å²) in [5.41, 5.74) is 1.30. The van der Waals surface area contributed by atoms with Gasteiger partial charge in [-0.05, 0) is 30.0 Å². The molecule has 92 valence electrons. The van der Waals surface area contributed by atoms with Crippen LogP contribution in [0.15, 0.2) is 24.3 Å². The highest BCUT2D eigenvalue weighted by atomic mass is 35.5. The van der Waals surface area contributed by atoms with Gasteiger partial charge in [0.2, 0.25) is 0 Å². The molecule has 17 heavy (non-hydrogen) atoms. The summed E-state index contributed by atoms with van der Waals surface area (Å²) >= 11 is 6.03. The van der Waals surface area contributed by atoms with Crippen LogP contribution in [0.4, 0.5) is 5.69 Å². The van der Waals surface area contributed by atoms with Crippen LogP contribution < -0.4 is 4.90 Å². The number of hydrogen-bond acceptors (Lipinski definition) is 1. The summed E-state index contributed by atoms with van der Waals surface area (Å²) in [5.74, 6) is 1.94. The lowest BCUT2D eigenvalue weighted by Gasteiger charge is -2.46. The Morgan fingerprint density at radius 1 is 1.00 bits per heavy atom. The molecule has 0 unspecified atom stereocenters. The van der Waals surface area contributed by atoms with Crippen molar-refractivity contribution in [2.45, 2.75) is 32.1 Å². The van der Waals surface area contributed by atoms with E-state index in [1.54, 1.807) is 0 Å². The molecule has 0 amide bonds. The Morgan fingerprint density at radius 2 is 1.76 bits per heavy atom. The van der Waals surface area contributed by atoms with Gasteiger partial charge in [0.05, 0.1) is 0 Å². The van der Waals surface area contributed by atoms with Crippen LogP contribution >= 0.6 is 11.6 Å². The van der Waals surface area contributed by atoms with E-state index in [1.165, 1.54) is 50.9 Å². The van der Waals surface area contributed by atoms with Crippen LogP contribution in [0.1, 0.15) is 32.1 Å². The van der Waals surface area contributed by atoms with Crippen molar-refractivity contribution in [3.63, 3.8) is 0 Å². The standard InChI is InChI=1S/C15H20ClN/c16-14-7-4-8-15(9-14)17-10-13(11-17)12-5-2-1-3-6-12/h4,7-9,12-13H,1-3,5-6,10-11H2. The molecule has 2 aliphatic rings. The minimum absolute atomic E-state index is 0.851. The zero-order valence-corrected chi connectivity index (χ0v) is 11.0. The monoisotopic (exact) mass is 249 g/mol. The Kier molecular flexibility index (Phi) is 3.28. The van der Waals surface area contributed by atoms with Gasteiger partial charge >= 0.3 is 0 Å². The molecule has 0 N–H and O–H groups in total. The predicted octanol–water partition coefficient (Wildman–Crippen LogP) is 4.36. The second kappa shape index (κ2) is 4.89. The minimum atomic E-state index is 0.851. The molecule has 2 heteroatoms. The van der Waals surface area contributed by atoms with Gasteiger partial charge < -0.3 is 4.90 Å². The molecule has 0 aromatic heterocycles. The zero-order valence-electron chi connectivity index (χ0n) is 10.2. The maximum atomic E-state index is 6.03. The first-order valence-electron chi connectivity index (χ1n) is 6.83. The summed E-state index contributed by atoms with van der Waals surface area (Å²) in [4.78, 5) is 2.46. The van der Waals surface area contributed by atoms with Gasteiger partial charge in [-0.15, -0.1) is 0 Å². The Bertz CT molecular complexity index is 378. The van der Waals surface area contributed by atoms with E-state index in [1.807, 2.05) is 12.1 Å². The van der Waals surface area contributed by atoms with Crippen molar-refractivity contribution in [1.82, 2.24) is 0 Å². The molecule has 2 fully saturated rings. The van der Waals surface area contributed by atoms with E-state index >= 15 is 0 Å². The smallest absolute Gasteiger partial charge is 0.0426 e. The molecule has 1 nitrogen and oxygen atoms in total. The maximum Gasteiger partial charge on any atom is 0.0426 e. The molecule has 0 radical (unpaired) electrons. The van der Waals surface area contributed by atoms with Crippen molar-refractivity contribution in [3.8, 4) is 0 Å². The van der Waals surface area contributed by atoms with Crippen molar-refractivity contribution in [2.75, 3.05) is 18.0 Å². The molecule has 1 aromatic carbocycles. The average Bonchev–Trinajstić information content (AvgIpc) is 2.28. The van der Waals surface area contributed by atoms with Crippen molar-refractivity contribution in [1.29, 1.82) is 0 Å². The fourth-order valence-corrected chi connectivity index (χ4v) is 3.48. The van der Waals surface area contributed by atoms with Crippen LogP contribution in [-0.4, -0.2) is 13.1 Å². The third-order valence-corrected chi connectivity index (χ3v) is 4.63. The zero-order chi connectivity index (χ0) is 11.7. The molecule has 1 saturated carbocycles. The molecule has 1 aliphatic heterocycles. The lowest BCUT2D eigenvalue weighted by atomic mass is 9.76. The van der Waals surface area contributed by atoms with E-state index in [-0.39, 0.29) is 0 Å². The number of rotatable bonds is 2. The third-order valence-electron chi connectivity index (χ3n) is 4.40. The Labute approximate surface area is 109 Å². The van der Waals surface area contributed by atoms with Gasteiger partial charge in [0.1, 0.15) is 0 Å². The Hall–Kier alpha value is -0.690. The van der Waals surface area contributed by atoms with E-state index < -0.39 is 0 Å². The van der Waals surface area contributed by atoms with Gasteiger partial charge in [-0.1, -0.05) is 49.8 Å². The first-order valence-corrected chi connectivity index (χ1v) is 7.21. The lowest BCUT2D eigenvalue weighted by molar-refractivity contribution is 0.210. The topological polar surface area (TPSA) is 3.24 Å². The van der Waals surface area contributed by atoms with Crippen LogP contribution in [-0.2, 0) is 0 Å². The van der Waals surface area contributed by atoms with Crippen molar-refractivity contribution < 1.29 is 0 Å². The second-order valence-corrected chi connectivity index (χ2v) is 5.98. The van der Waals surface area contributed by atoms with E-state index in [9.17, 15) is 0 Å². The Morgan fingerprint density at radius 3 is 2.47 bits per heavy atom. The molecule has 1 aliphatic carbocycles. The number of benzene rings is 1. The molecule has 1 aromatic rings. The van der Waals surface area contributed by atoms with Gasteiger partial charge in [-0.2, -0.15) is 0 Å². The average molecular weight is 250 g/mol. The fraction of sp³-hybridized carbons (Fsp3) is 0.600. The van der Waals surface area contributed by atoms with Crippen LogP contribution in [0, 0.1) is 11.8 Å². The SMILES string of the molecule is Clc1cccc(N2CC(C3CCCCC3)C2)c1. The third kappa shape index (κ3) is 2.44. The highest BCUT2D eigenvalue weighted by Gasteiger charge is 2.33. The minimum Gasteiger partial charge on any atom is -0.371 e. The molecule has 1 saturated heterocycles. The molecule has 0 bridgehead atoms. The summed E-state index contributed by atoms with van der Waals surface area (Å²) in [5, 5.41) is 0.851. The fourth-order valence-electron chi connectivity index (χ4n) is 3.30. The summed E-state index contributed by atoms with van der Waals surface area (Å²) in [6, 6.07) is 8.25. The number of anilines is 1. The highest BCUT2D eigenvalue weighted by Crippen LogP contribution is 2.37. The summed E-state index contributed by atoms with van der Waals surface area (Å²) in [7, 11) is 0. The summed E-state index contributed by atoms with van der Waals surface area (Å²) in [6.45, 7) is 2.48. The molecular formula is C15H20ClN. The van der Waals surface area contributed by atoms with Gasteiger partial charge in [0, 0.05) is 23.8 Å². The van der Waals surface area contributed by atoms with Gasteiger partial charge in [-0.3, -0.25) is 0 Å². The first kappa shape index (κ1) is 11.4. The van der Waals surface area contributed by atoms with Crippen LogP contribution in [0.3, 0.4) is 0 Å². The van der Waals surface area contributed by atoms with E-state index in [0.717, 1.165) is 16.9 Å². The number of nitrogens with zero attached hydrogens (tertiary/aromatic N) is 1. The maximum absolute atomic E-state index is 6.03. The van der Waals surface area contributed by atoms with E-state index in [4.69, 9.17) is 11.6 Å². The quantitative estimate of drug-likeness (QED) is 0.753. The summed E-state index contributed by atoms with van der Waals surface area (Å²) in [6.07, 6.45) is 7.31. The predicted molar refractivity (Wildman–Crippen MR) is 73.7 cm³/mol. The van der Waals surface area contributed by atoms with E-state index in [0.29, 0.717) is 0 Å². The molecule has 0 atom stereocenters. The van der Waals surface area contributed by atoms with Gasteiger partial charge in [0.25, 0.3) is 0 Å². The largest absolute Gasteiger partial charge is 0.371 e. The van der Waals surface area contributed by atoms with Gasteiger partial charge in [0.15, 0.2) is 0 Å². The first-order chi connectivity index (χ1) is 8.33. The molecule has 1 heterocycles. The second-order valence-electron chi connectivity index (χ2n) is 5.54. The van der Waals surface area contributed by atoms with Crippen LogP contribution in [0.2, 0.25) is 5.02 Å². The van der Waals surface area contributed by atoms with Crippen molar-refractivity contribution in [3.05, 3.63) is 29.3 Å². The highest BCUT2D eigenvalue weighted by molar-refractivity contribution is 6.30. The van der Waals surface area contributed by atoms with Crippen molar-refractivity contribution >= 4 is 17.3 Å². The summed E-state index contributed by atoms with van der Waals surface area (Å²) < 4.78 is 0. The van der Waals surface area contributed by atoms with Crippen LogP contribution in [0.5, 0.6) is 0 Å². The molecule has 3 rings (SSSR count).